The van der Waals surface area contributed by atoms with Crippen LogP contribution in [0.15, 0.2) is 59.4 Å². The molecule has 0 bridgehead atoms. The van der Waals surface area contributed by atoms with Gasteiger partial charge in [-0.2, -0.15) is 0 Å². The van der Waals surface area contributed by atoms with Crippen LogP contribution in [0.25, 0.3) is 11.1 Å². The molecule has 34 heavy (non-hydrogen) atoms. The zero-order chi connectivity index (χ0) is 24.2. The zero-order valence-corrected chi connectivity index (χ0v) is 20.4. The summed E-state index contributed by atoms with van der Waals surface area (Å²) in [6.07, 6.45) is 1.64. The van der Waals surface area contributed by atoms with Gasteiger partial charge in [0.2, 0.25) is 11.2 Å². The normalized spacial score (nSPS) is 15.4. The van der Waals surface area contributed by atoms with E-state index in [4.69, 9.17) is 14.2 Å². The van der Waals surface area contributed by atoms with E-state index in [1.54, 1.807) is 27.4 Å². The minimum Gasteiger partial charge on any atom is -0.493 e. The van der Waals surface area contributed by atoms with Gasteiger partial charge < -0.3 is 24.8 Å². The number of aryl methyl sites for hydroxylation is 1. The molecule has 0 unspecified atom stereocenters. The molecule has 0 aliphatic heterocycles. The minimum absolute atomic E-state index is 0.0117. The molecule has 2 atom stereocenters. The lowest BCUT2D eigenvalue weighted by Gasteiger charge is -2.19. The Hall–Kier alpha value is -3.51. The maximum atomic E-state index is 13.4. The van der Waals surface area contributed by atoms with Crippen molar-refractivity contribution in [3.05, 3.63) is 81.5 Å². The molecule has 1 aliphatic rings. The third-order valence-electron chi connectivity index (χ3n) is 6.56. The molecule has 0 saturated heterocycles. The van der Waals surface area contributed by atoms with E-state index < -0.39 is 0 Å². The Morgan fingerprint density at radius 3 is 2.32 bits per heavy atom. The van der Waals surface area contributed by atoms with Crippen molar-refractivity contribution in [2.45, 2.75) is 31.8 Å². The van der Waals surface area contributed by atoms with Crippen LogP contribution < -0.4 is 30.3 Å². The lowest BCUT2D eigenvalue weighted by atomic mass is 9.95. The number of hydrogen-bond donors (Lipinski definition) is 2. The van der Waals surface area contributed by atoms with Crippen molar-refractivity contribution in [1.29, 1.82) is 0 Å². The molecule has 1 aliphatic carbocycles. The third-order valence-corrected chi connectivity index (χ3v) is 6.56. The van der Waals surface area contributed by atoms with Gasteiger partial charge in [-0.25, -0.2) is 0 Å². The number of methoxy groups -OCH3 is 3. The number of benzene rings is 2. The molecule has 0 fully saturated rings. The zero-order valence-electron chi connectivity index (χ0n) is 20.4. The van der Waals surface area contributed by atoms with E-state index in [0.717, 1.165) is 40.7 Å². The molecule has 0 aromatic heterocycles. The van der Waals surface area contributed by atoms with Crippen LogP contribution in [-0.4, -0.2) is 28.4 Å². The fourth-order valence-corrected chi connectivity index (χ4v) is 4.79. The molecule has 0 saturated carbocycles. The summed E-state index contributed by atoms with van der Waals surface area (Å²) in [6, 6.07) is 17.8. The fourth-order valence-electron chi connectivity index (χ4n) is 4.79. The summed E-state index contributed by atoms with van der Waals surface area (Å²) < 4.78 is 17.1. The van der Waals surface area contributed by atoms with E-state index >= 15 is 0 Å². The van der Waals surface area contributed by atoms with Crippen LogP contribution in [0.1, 0.15) is 42.1 Å². The van der Waals surface area contributed by atoms with Crippen LogP contribution in [0.2, 0.25) is 0 Å². The molecule has 3 aromatic rings. The lowest BCUT2D eigenvalue weighted by Crippen LogP contribution is -2.18. The van der Waals surface area contributed by atoms with E-state index in [-0.39, 0.29) is 17.5 Å². The first-order valence-corrected chi connectivity index (χ1v) is 11.5. The van der Waals surface area contributed by atoms with Crippen LogP contribution in [0.4, 0.5) is 5.69 Å². The first-order chi connectivity index (χ1) is 16.5. The van der Waals surface area contributed by atoms with Crippen LogP contribution in [0, 0.1) is 0 Å². The van der Waals surface area contributed by atoms with E-state index in [1.807, 2.05) is 43.4 Å². The summed E-state index contributed by atoms with van der Waals surface area (Å²) >= 11 is 0. The van der Waals surface area contributed by atoms with Gasteiger partial charge in [0.05, 0.1) is 27.0 Å². The Morgan fingerprint density at radius 1 is 0.941 bits per heavy atom. The summed E-state index contributed by atoms with van der Waals surface area (Å²) in [5.41, 5.74) is 5.54. The van der Waals surface area contributed by atoms with Gasteiger partial charge in [0.1, 0.15) is 0 Å². The molecule has 6 nitrogen and oxygen atoms in total. The molecular weight excluding hydrogens is 428 g/mol. The minimum atomic E-state index is -0.0489. The van der Waals surface area contributed by atoms with E-state index in [1.165, 1.54) is 0 Å². The second-order valence-corrected chi connectivity index (χ2v) is 8.46. The second-order valence-electron chi connectivity index (χ2n) is 8.46. The quantitative estimate of drug-likeness (QED) is 0.510. The Morgan fingerprint density at radius 2 is 1.68 bits per heavy atom. The highest BCUT2D eigenvalue weighted by Gasteiger charge is 2.28. The molecule has 178 valence electrons. The highest BCUT2D eigenvalue weighted by atomic mass is 16.5. The third kappa shape index (κ3) is 4.33. The lowest BCUT2D eigenvalue weighted by molar-refractivity contribution is 0.324. The number of ether oxygens (including phenoxy) is 3. The summed E-state index contributed by atoms with van der Waals surface area (Å²) in [4.78, 5) is 13.4. The first-order valence-electron chi connectivity index (χ1n) is 11.5. The van der Waals surface area contributed by atoms with E-state index in [2.05, 4.69) is 29.7 Å². The molecule has 0 radical (unpaired) electrons. The fraction of sp³-hybridized carbons (Fsp3) is 0.321. The van der Waals surface area contributed by atoms with Gasteiger partial charge in [0, 0.05) is 17.6 Å². The first kappa shape index (κ1) is 23.6. The van der Waals surface area contributed by atoms with Crippen molar-refractivity contribution in [2.75, 3.05) is 33.7 Å². The van der Waals surface area contributed by atoms with Crippen LogP contribution in [0.3, 0.4) is 0 Å². The number of anilines is 1. The number of hydrogen-bond acceptors (Lipinski definition) is 6. The van der Waals surface area contributed by atoms with Crippen molar-refractivity contribution in [3.8, 4) is 28.4 Å². The van der Waals surface area contributed by atoms with Crippen molar-refractivity contribution in [1.82, 2.24) is 5.32 Å². The summed E-state index contributed by atoms with van der Waals surface area (Å²) in [6.45, 7) is 2.05. The molecule has 0 heterocycles. The van der Waals surface area contributed by atoms with Crippen molar-refractivity contribution >= 4 is 5.69 Å². The average Bonchev–Trinajstić information content (AvgIpc) is 3.11. The van der Waals surface area contributed by atoms with Gasteiger partial charge in [0.25, 0.3) is 0 Å². The summed E-state index contributed by atoms with van der Waals surface area (Å²) in [5.74, 6) is 1.79. The van der Waals surface area contributed by atoms with Gasteiger partial charge in [-0.15, -0.1) is 0 Å². The van der Waals surface area contributed by atoms with Crippen molar-refractivity contribution < 1.29 is 14.2 Å². The monoisotopic (exact) mass is 460 g/mol. The Balaban J connectivity index is 1.91. The van der Waals surface area contributed by atoms with Gasteiger partial charge in [0.15, 0.2) is 11.5 Å². The molecule has 0 spiro atoms. The summed E-state index contributed by atoms with van der Waals surface area (Å²) in [5, 5.41) is 6.80. The van der Waals surface area contributed by atoms with Gasteiger partial charge in [-0.05, 0) is 67.3 Å². The molecular formula is C28H32N2O4. The van der Waals surface area contributed by atoms with Crippen molar-refractivity contribution in [3.63, 3.8) is 0 Å². The number of nitrogens with one attached hydrogen (secondary N) is 2. The Labute approximate surface area is 200 Å². The average molecular weight is 461 g/mol. The molecule has 4 rings (SSSR count). The SMILES string of the molecule is CN[C@H]1CCc2cc(OC)c(OC)c(OC)c2-c2ccc(N[C@@H](C)c3ccccc3)c(=O)cc21. The van der Waals surface area contributed by atoms with Crippen LogP contribution >= 0.6 is 0 Å². The van der Waals surface area contributed by atoms with E-state index in [0.29, 0.717) is 22.9 Å². The van der Waals surface area contributed by atoms with Crippen LogP contribution in [0.5, 0.6) is 17.2 Å². The topological polar surface area (TPSA) is 68.8 Å². The van der Waals surface area contributed by atoms with E-state index in [9.17, 15) is 4.79 Å². The van der Waals surface area contributed by atoms with Gasteiger partial charge in [-0.3, -0.25) is 4.79 Å². The Kier molecular flexibility index (Phi) is 7.08. The highest BCUT2D eigenvalue weighted by Crippen LogP contribution is 2.50. The second kappa shape index (κ2) is 10.2. The molecule has 3 aromatic carbocycles. The Bertz CT molecular complexity index is 1230. The largest absolute Gasteiger partial charge is 0.493 e. The standard InChI is InChI=1S/C28H32N2O4/c1-17(18-9-7-6-8-10-18)30-23-14-12-20-21(16-24(23)31)22(29-2)13-11-19-15-25(32-3)27(33-4)28(34-5)26(19)20/h6-10,12,14-17,22,29H,11,13H2,1-5H3,(H,30,31)/t17-,22-/m0/s1. The van der Waals surface area contributed by atoms with Gasteiger partial charge in [-0.1, -0.05) is 36.4 Å². The predicted molar refractivity (Wildman–Crippen MR) is 136 cm³/mol. The molecule has 6 heteroatoms. The van der Waals surface area contributed by atoms with Gasteiger partial charge >= 0.3 is 0 Å². The smallest absolute Gasteiger partial charge is 0.203 e. The number of rotatable bonds is 7. The predicted octanol–water partition coefficient (Wildman–Crippen LogP) is 5.12. The number of fused-ring (bicyclic) bond motifs is 3. The maximum absolute atomic E-state index is 13.4. The molecule has 2 N–H and O–H groups in total. The summed E-state index contributed by atoms with van der Waals surface area (Å²) in [7, 11) is 6.79. The van der Waals surface area contributed by atoms with Crippen molar-refractivity contribution in [2.24, 2.45) is 0 Å². The van der Waals surface area contributed by atoms with Crippen LogP contribution in [-0.2, 0) is 6.42 Å². The highest BCUT2D eigenvalue weighted by molar-refractivity contribution is 5.83. The maximum Gasteiger partial charge on any atom is 0.203 e. The molecule has 0 amide bonds.